The van der Waals surface area contributed by atoms with Crippen molar-refractivity contribution in [2.75, 3.05) is 11.1 Å². The lowest BCUT2D eigenvalue weighted by Crippen LogP contribution is -2.26. The fourth-order valence-electron chi connectivity index (χ4n) is 2.25. The third kappa shape index (κ3) is 3.15. The number of benzene rings is 1. The van der Waals surface area contributed by atoms with Crippen molar-refractivity contribution in [3.8, 4) is 0 Å². The van der Waals surface area contributed by atoms with Crippen molar-refractivity contribution in [2.45, 2.75) is 39.7 Å². The third-order valence-electron chi connectivity index (χ3n) is 3.45. The van der Waals surface area contributed by atoms with Gasteiger partial charge in [-0.25, -0.2) is 4.79 Å². The molecule has 100 valence electrons. The second-order valence-corrected chi connectivity index (χ2v) is 4.58. The first-order chi connectivity index (χ1) is 8.51. The SMILES string of the molecule is CCC(CC)C(C)Nc1c(N)cccc1C(=O)O. The first-order valence-electron chi connectivity index (χ1n) is 6.39. The van der Waals surface area contributed by atoms with E-state index in [-0.39, 0.29) is 11.6 Å². The van der Waals surface area contributed by atoms with Crippen LogP contribution in [0.3, 0.4) is 0 Å². The number of nitrogens with two attached hydrogens (primary N) is 1. The van der Waals surface area contributed by atoms with Gasteiger partial charge >= 0.3 is 5.97 Å². The molecule has 0 amide bonds. The molecule has 0 aromatic heterocycles. The monoisotopic (exact) mass is 250 g/mol. The molecule has 0 aliphatic rings. The lowest BCUT2D eigenvalue weighted by atomic mass is 9.95. The highest BCUT2D eigenvalue weighted by atomic mass is 16.4. The second kappa shape index (κ2) is 6.28. The zero-order valence-electron chi connectivity index (χ0n) is 11.2. The van der Waals surface area contributed by atoms with Crippen LogP contribution in [0, 0.1) is 5.92 Å². The number of hydrogen-bond donors (Lipinski definition) is 3. The smallest absolute Gasteiger partial charge is 0.337 e. The highest BCUT2D eigenvalue weighted by molar-refractivity contribution is 5.97. The van der Waals surface area contributed by atoms with Crippen molar-refractivity contribution in [3.63, 3.8) is 0 Å². The molecule has 0 saturated heterocycles. The summed E-state index contributed by atoms with van der Waals surface area (Å²) in [6, 6.07) is 5.14. The third-order valence-corrected chi connectivity index (χ3v) is 3.45. The number of para-hydroxylation sites is 1. The van der Waals surface area contributed by atoms with E-state index < -0.39 is 5.97 Å². The van der Waals surface area contributed by atoms with Gasteiger partial charge in [0.05, 0.1) is 16.9 Å². The highest BCUT2D eigenvalue weighted by Gasteiger charge is 2.18. The minimum atomic E-state index is -0.957. The molecule has 1 unspecified atom stereocenters. The van der Waals surface area contributed by atoms with Crippen LogP contribution in [0.25, 0.3) is 0 Å². The topological polar surface area (TPSA) is 75.3 Å². The molecule has 1 rings (SSSR count). The molecule has 0 fully saturated rings. The predicted octanol–water partition coefficient (Wildman–Crippen LogP) is 3.20. The molecular weight excluding hydrogens is 228 g/mol. The maximum atomic E-state index is 11.2. The van der Waals surface area contributed by atoms with E-state index in [2.05, 4.69) is 26.1 Å². The average Bonchev–Trinajstić information content (AvgIpc) is 2.33. The van der Waals surface area contributed by atoms with Crippen LogP contribution < -0.4 is 11.1 Å². The summed E-state index contributed by atoms with van der Waals surface area (Å²) in [6.45, 7) is 6.34. The van der Waals surface area contributed by atoms with Crippen molar-refractivity contribution < 1.29 is 9.90 Å². The Morgan fingerprint density at radius 2 is 2.00 bits per heavy atom. The van der Waals surface area contributed by atoms with Crippen molar-refractivity contribution >= 4 is 17.3 Å². The van der Waals surface area contributed by atoms with Crippen LogP contribution in [0.1, 0.15) is 44.0 Å². The van der Waals surface area contributed by atoms with Gasteiger partial charge in [0.2, 0.25) is 0 Å². The van der Waals surface area contributed by atoms with Crippen LogP contribution in [-0.2, 0) is 0 Å². The van der Waals surface area contributed by atoms with Crippen molar-refractivity contribution in [1.29, 1.82) is 0 Å². The Bertz CT molecular complexity index is 414. The first kappa shape index (κ1) is 14.4. The largest absolute Gasteiger partial charge is 0.478 e. The zero-order chi connectivity index (χ0) is 13.7. The summed E-state index contributed by atoms with van der Waals surface area (Å²) in [5.41, 5.74) is 7.11. The molecule has 18 heavy (non-hydrogen) atoms. The lowest BCUT2D eigenvalue weighted by molar-refractivity contribution is 0.0698. The number of carboxylic acids is 1. The van der Waals surface area contributed by atoms with Gasteiger partial charge < -0.3 is 16.2 Å². The Hall–Kier alpha value is -1.71. The number of carbonyl (C=O) groups is 1. The van der Waals surface area contributed by atoms with Crippen molar-refractivity contribution in [1.82, 2.24) is 0 Å². The fraction of sp³-hybridized carbons (Fsp3) is 0.500. The number of anilines is 2. The Morgan fingerprint density at radius 3 is 2.50 bits per heavy atom. The summed E-state index contributed by atoms with van der Waals surface area (Å²) in [7, 11) is 0. The van der Waals surface area contributed by atoms with E-state index in [0.717, 1.165) is 12.8 Å². The van der Waals surface area contributed by atoms with Gasteiger partial charge in [0.25, 0.3) is 0 Å². The molecule has 0 bridgehead atoms. The maximum Gasteiger partial charge on any atom is 0.337 e. The number of carboxylic acid groups (broad SMARTS) is 1. The first-order valence-corrected chi connectivity index (χ1v) is 6.39. The fourth-order valence-corrected chi connectivity index (χ4v) is 2.25. The van der Waals surface area contributed by atoms with Crippen LogP contribution in [0.5, 0.6) is 0 Å². The van der Waals surface area contributed by atoms with E-state index in [9.17, 15) is 4.79 Å². The number of nitrogen functional groups attached to an aromatic ring is 1. The molecule has 0 aliphatic carbocycles. The van der Waals surface area contributed by atoms with E-state index in [1.807, 2.05) is 0 Å². The van der Waals surface area contributed by atoms with Gasteiger partial charge in [0, 0.05) is 6.04 Å². The van der Waals surface area contributed by atoms with E-state index in [1.165, 1.54) is 0 Å². The molecule has 0 spiro atoms. The molecule has 1 aromatic rings. The zero-order valence-corrected chi connectivity index (χ0v) is 11.2. The van der Waals surface area contributed by atoms with Gasteiger partial charge in [-0.05, 0) is 25.0 Å². The molecule has 0 heterocycles. The summed E-state index contributed by atoms with van der Waals surface area (Å²) >= 11 is 0. The Labute approximate surface area is 108 Å². The van der Waals surface area contributed by atoms with E-state index >= 15 is 0 Å². The second-order valence-electron chi connectivity index (χ2n) is 4.58. The van der Waals surface area contributed by atoms with E-state index in [0.29, 0.717) is 17.3 Å². The van der Waals surface area contributed by atoms with E-state index in [1.54, 1.807) is 18.2 Å². The summed E-state index contributed by atoms with van der Waals surface area (Å²) in [5, 5.41) is 12.4. The van der Waals surface area contributed by atoms with Gasteiger partial charge in [0.15, 0.2) is 0 Å². The molecule has 0 radical (unpaired) electrons. The molecule has 1 aromatic carbocycles. The molecule has 0 aliphatic heterocycles. The van der Waals surface area contributed by atoms with Crippen LogP contribution in [0.4, 0.5) is 11.4 Å². The lowest BCUT2D eigenvalue weighted by Gasteiger charge is -2.25. The minimum Gasteiger partial charge on any atom is -0.478 e. The normalized spacial score (nSPS) is 12.4. The van der Waals surface area contributed by atoms with Gasteiger partial charge in [-0.3, -0.25) is 0 Å². The van der Waals surface area contributed by atoms with Gasteiger partial charge in [-0.2, -0.15) is 0 Å². The molecule has 0 saturated carbocycles. The van der Waals surface area contributed by atoms with Gasteiger partial charge in [-0.15, -0.1) is 0 Å². The van der Waals surface area contributed by atoms with Gasteiger partial charge in [0.1, 0.15) is 0 Å². The summed E-state index contributed by atoms with van der Waals surface area (Å²) < 4.78 is 0. The minimum absolute atomic E-state index is 0.197. The molecular formula is C14H22N2O2. The number of nitrogens with one attached hydrogen (secondary N) is 1. The Balaban J connectivity index is 2.99. The molecule has 4 heteroatoms. The quantitative estimate of drug-likeness (QED) is 0.678. The summed E-state index contributed by atoms with van der Waals surface area (Å²) in [6.07, 6.45) is 2.11. The number of aromatic carboxylic acids is 1. The number of hydrogen-bond acceptors (Lipinski definition) is 3. The molecule has 4 N–H and O–H groups in total. The van der Waals surface area contributed by atoms with Crippen LogP contribution in [-0.4, -0.2) is 17.1 Å². The van der Waals surface area contributed by atoms with Gasteiger partial charge in [-0.1, -0.05) is 32.8 Å². The van der Waals surface area contributed by atoms with Crippen LogP contribution in [0.2, 0.25) is 0 Å². The standard InChI is InChI=1S/C14H22N2O2/c1-4-10(5-2)9(3)16-13-11(14(17)18)7-6-8-12(13)15/h6-10,16H,4-5,15H2,1-3H3,(H,17,18). The van der Waals surface area contributed by atoms with Crippen molar-refractivity contribution in [3.05, 3.63) is 23.8 Å². The predicted molar refractivity (Wildman–Crippen MR) is 75.0 cm³/mol. The summed E-state index contributed by atoms with van der Waals surface area (Å²) in [4.78, 5) is 11.2. The van der Waals surface area contributed by atoms with Crippen molar-refractivity contribution in [2.24, 2.45) is 5.92 Å². The summed E-state index contributed by atoms with van der Waals surface area (Å²) in [5.74, 6) is -0.451. The average molecular weight is 250 g/mol. The van der Waals surface area contributed by atoms with Crippen LogP contribution in [0.15, 0.2) is 18.2 Å². The Kier molecular flexibility index (Phi) is 5.01. The Morgan fingerprint density at radius 1 is 1.39 bits per heavy atom. The van der Waals surface area contributed by atoms with Crippen LogP contribution >= 0.6 is 0 Å². The highest BCUT2D eigenvalue weighted by Crippen LogP contribution is 2.26. The van der Waals surface area contributed by atoms with E-state index in [4.69, 9.17) is 10.8 Å². The number of rotatable bonds is 6. The molecule has 1 atom stereocenters. The maximum absolute atomic E-state index is 11.2. The molecule has 4 nitrogen and oxygen atoms in total.